The van der Waals surface area contributed by atoms with E-state index in [0.29, 0.717) is 25.1 Å². The van der Waals surface area contributed by atoms with Crippen LogP contribution in [-0.2, 0) is 20.8 Å². The zero-order valence-electron chi connectivity index (χ0n) is 16.3. The Morgan fingerprint density at radius 3 is 2.44 bits per heavy atom. The number of piperidine rings is 1. The summed E-state index contributed by atoms with van der Waals surface area (Å²) < 4.78 is 0. The van der Waals surface area contributed by atoms with E-state index in [2.05, 4.69) is 10.3 Å². The molecule has 152 valence electrons. The smallest absolute Gasteiger partial charge is 0.305 e. The summed E-state index contributed by atoms with van der Waals surface area (Å²) in [4.78, 5) is 37.3. The number of aliphatic carboxylic acids is 1. The molecule has 1 fully saturated rings. The van der Waals surface area contributed by atoms with Crippen molar-refractivity contribution in [3.8, 4) is 0 Å². The van der Waals surface area contributed by atoms with Gasteiger partial charge in [-0.3, -0.25) is 14.4 Å². The van der Waals surface area contributed by atoms with Crippen LogP contribution in [0.4, 0.5) is 5.82 Å². The van der Waals surface area contributed by atoms with E-state index in [1.54, 1.807) is 6.07 Å². The summed E-state index contributed by atoms with van der Waals surface area (Å²) in [6.45, 7) is 6.05. The van der Waals surface area contributed by atoms with E-state index in [0.717, 1.165) is 31.6 Å². The number of hydrogen-bond donors (Lipinski definition) is 3. The van der Waals surface area contributed by atoms with Crippen LogP contribution in [0.25, 0.3) is 0 Å². The molecule has 1 aliphatic heterocycles. The maximum Gasteiger partial charge on any atom is 0.305 e. The zero-order valence-corrected chi connectivity index (χ0v) is 16.3. The van der Waals surface area contributed by atoms with Crippen molar-refractivity contribution < 1.29 is 19.5 Å². The lowest BCUT2D eigenvalue weighted by atomic mass is 10.1. The Hall–Kier alpha value is -2.64. The molecule has 8 heteroatoms. The number of pyridine rings is 1. The van der Waals surface area contributed by atoms with Crippen LogP contribution in [0.2, 0.25) is 0 Å². The molecule has 8 nitrogen and oxygen atoms in total. The van der Waals surface area contributed by atoms with Crippen molar-refractivity contribution in [2.75, 3.05) is 25.4 Å². The largest absolute Gasteiger partial charge is 0.481 e. The minimum atomic E-state index is -0.903. The zero-order chi connectivity index (χ0) is 20.5. The molecule has 1 aromatic rings. The first-order valence-electron chi connectivity index (χ1n) is 9.41. The van der Waals surface area contributed by atoms with Crippen LogP contribution >= 0.6 is 0 Å². The summed E-state index contributed by atoms with van der Waals surface area (Å²) in [5, 5.41) is 10.2. The number of carbonyl (C=O) groups is 3. The molecule has 0 radical (unpaired) electrons. The highest BCUT2D eigenvalue weighted by Crippen LogP contribution is 2.11. The number of nitrogens with one attached hydrogen (secondary N) is 1. The maximum absolute atomic E-state index is 11.9. The predicted octanol–water partition coefficient (Wildman–Crippen LogP) is 1.84. The lowest BCUT2D eigenvalue weighted by Crippen LogP contribution is -2.35. The second-order valence-corrected chi connectivity index (χ2v) is 5.71. The number of nitrogens with zero attached hydrogens (tertiary/aromatic N) is 2. The molecule has 4 N–H and O–H groups in total. The van der Waals surface area contributed by atoms with Gasteiger partial charge >= 0.3 is 5.97 Å². The highest BCUT2D eigenvalue weighted by atomic mass is 16.4. The first-order valence-corrected chi connectivity index (χ1v) is 9.41. The van der Waals surface area contributed by atoms with Gasteiger partial charge in [-0.15, -0.1) is 0 Å². The van der Waals surface area contributed by atoms with Gasteiger partial charge in [0.15, 0.2) is 0 Å². The van der Waals surface area contributed by atoms with Gasteiger partial charge in [-0.1, -0.05) is 19.9 Å². The van der Waals surface area contributed by atoms with Crippen molar-refractivity contribution in [2.24, 2.45) is 0 Å². The van der Waals surface area contributed by atoms with Crippen LogP contribution in [0.1, 0.15) is 51.6 Å². The van der Waals surface area contributed by atoms with Crippen molar-refractivity contribution in [1.82, 2.24) is 15.2 Å². The number of carboxylic acid groups (broad SMARTS) is 1. The number of carbonyl (C=O) groups excluding carboxylic acids is 2. The third-order valence-electron chi connectivity index (χ3n) is 3.70. The number of nitrogens with two attached hydrogens (primary N) is 1. The molecule has 2 amide bonds. The molecule has 1 aliphatic rings. The lowest BCUT2D eigenvalue weighted by molar-refractivity contribution is -0.137. The van der Waals surface area contributed by atoms with E-state index in [9.17, 15) is 14.4 Å². The van der Waals surface area contributed by atoms with Crippen LogP contribution in [0.5, 0.6) is 0 Å². The number of likely N-dealkylation sites (tertiary alicyclic amines) is 1. The van der Waals surface area contributed by atoms with Crippen molar-refractivity contribution in [3.63, 3.8) is 0 Å². The van der Waals surface area contributed by atoms with Gasteiger partial charge in [0, 0.05) is 31.7 Å². The Balaban J connectivity index is 0.000000574. The fourth-order valence-electron chi connectivity index (χ4n) is 2.41. The van der Waals surface area contributed by atoms with Crippen LogP contribution in [0, 0.1) is 0 Å². The van der Waals surface area contributed by atoms with Crippen LogP contribution in [0.3, 0.4) is 0 Å². The molecule has 0 aliphatic carbocycles. The summed E-state index contributed by atoms with van der Waals surface area (Å²) in [6, 6.07) is 5.55. The van der Waals surface area contributed by atoms with E-state index in [1.807, 2.05) is 30.9 Å². The number of aromatic nitrogens is 1. The lowest BCUT2D eigenvalue weighted by Gasteiger charge is -2.26. The van der Waals surface area contributed by atoms with Crippen molar-refractivity contribution in [3.05, 3.63) is 23.9 Å². The van der Waals surface area contributed by atoms with E-state index in [-0.39, 0.29) is 18.9 Å². The van der Waals surface area contributed by atoms with E-state index in [1.165, 1.54) is 6.42 Å². The normalized spacial score (nSPS) is 12.6. The minimum Gasteiger partial charge on any atom is -0.481 e. The fraction of sp³-hybridized carbons (Fsp3) is 0.579. The number of carboxylic acids is 1. The summed E-state index contributed by atoms with van der Waals surface area (Å²) in [5.74, 6) is -0.138. The number of nitrogen functional groups attached to an aromatic ring is 1. The second-order valence-electron chi connectivity index (χ2n) is 5.71. The van der Waals surface area contributed by atoms with Crippen LogP contribution in [0.15, 0.2) is 18.2 Å². The standard InChI is InChI=1S/C13H19N3O.C4H7NO3.C2H6/c14-12-6-4-5-11(15-12)7-8-13(17)16-9-2-1-3-10-16;6-3-5-2-1-4(7)8;1-2/h4-6H,1-3,7-10H2,(H2,14,15);3H,1-2H2,(H,5,6)(H,7,8);1-2H3. The molecule has 0 aromatic carbocycles. The highest BCUT2D eigenvalue weighted by Gasteiger charge is 2.16. The number of hydrogen-bond acceptors (Lipinski definition) is 5. The molecule has 2 rings (SSSR count). The van der Waals surface area contributed by atoms with Gasteiger partial charge in [0.05, 0.1) is 6.42 Å². The molecule has 27 heavy (non-hydrogen) atoms. The fourth-order valence-corrected chi connectivity index (χ4v) is 2.41. The van der Waals surface area contributed by atoms with Gasteiger partial charge in [-0.2, -0.15) is 0 Å². The van der Waals surface area contributed by atoms with E-state index < -0.39 is 5.97 Å². The quantitative estimate of drug-likeness (QED) is 0.489. The monoisotopic (exact) mass is 380 g/mol. The second kappa shape index (κ2) is 15.6. The Kier molecular flexibility index (Phi) is 14.1. The van der Waals surface area contributed by atoms with Crippen molar-refractivity contribution in [2.45, 2.75) is 52.4 Å². The number of rotatable bonds is 7. The van der Waals surface area contributed by atoms with Crippen molar-refractivity contribution in [1.29, 1.82) is 0 Å². The Morgan fingerprint density at radius 2 is 1.89 bits per heavy atom. The maximum atomic E-state index is 11.9. The number of amides is 2. The topological polar surface area (TPSA) is 126 Å². The third kappa shape index (κ3) is 12.4. The molecule has 0 spiro atoms. The SMILES string of the molecule is CC.Nc1cccc(CCC(=O)N2CCCCC2)n1.O=CNCCC(=O)O. The molecular formula is C19H32N4O4. The Morgan fingerprint density at radius 1 is 1.22 bits per heavy atom. The van der Waals surface area contributed by atoms with Gasteiger partial charge in [0.1, 0.15) is 5.82 Å². The van der Waals surface area contributed by atoms with Crippen LogP contribution < -0.4 is 11.1 Å². The molecule has 0 bridgehead atoms. The van der Waals surface area contributed by atoms with Gasteiger partial charge in [0.25, 0.3) is 0 Å². The average Bonchev–Trinajstić information content (AvgIpc) is 2.69. The Labute approximate surface area is 161 Å². The van der Waals surface area contributed by atoms with Gasteiger partial charge < -0.3 is 21.1 Å². The molecule has 1 saturated heterocycles. The first-order chi connectivity index (χ1) is 13.0. The molecule has 0 saturated carbocycles. The molecular weight excluding hydrogens is 348 g/mol. The first kappa shape index (κ1) is 24.4. The van der Waals surface area contributed by atoms with Crippen molar-refractivity contribution >= 4 is 24.1 Å². The summed E-state index contributed by atoms with van der Waals surface area (Å²) in [5.41, 5.74) is 6.50. The molecule has 0 atom stereocenters. The van der Waals surface area contributed by atoms with E-state index >= 15 is 0 Å². The van der Waals surface area contributed by atoms with Gasteiger partial charge in [0.2, 0.25) is 12.3 Å². The number of aryl methyl sites for hydroxylation is 1. The highest BCUT2D eigenvalue weighted by molar-refractivity contribution is 5.76. The summed E-state index contributed by atoms with van der Waals surface area (Å²) in [7, 11) is 0. The van der Waals surface area contributed by atoms with Gasteiger partial charge in [-0.05, 0) is 37.8 Å². The molecule has 2 heterocycles. The minimum absolute atomic E-state index is 0.0151. The van der Waals surface area contributed by atoms with Gasteiger partial charge in [-0.25, -0.2) is 4.98 Å². The predicted molar refractivity (Wildman–Crippen MR) is 105 cm³/mol. The molecule has 1 aromatic heterocycles. The van der Waals surface area contributed by atoms with E-state index in [4.69, 9.17) is 10.8 Å². The number of anilines is 1. The third-order valence-corrected chi connectivity index (χ3v) is 3.70. The molecule has 0 unspecified atom stereocenters. The van der Waals surface area contributed by atoms with Crippen LogP contribution in [-0.4, -0.2) is 52.9 Å². The summed E-state index contributed by atoms with van der Waals surface area (Å²) >= 11 is 0. The summed E-state index contributed by atoms with van der Waals surface area (Å²) in [6.07, 6.45) is 5.21. The average molecular weight is 380 g/mol. The Bertz CT molecular complexity index is 560.